The van der Waals surface area contributed by atoms with E-state index < -0.39 is 0 Å². The standard InChI is InChI=1S/C13H10N6/c14-6-5-12-18-10-3-1-2-4-11(10)19(12)13-9(15)7-16-8-17-13/h1-4,7-8H,5,15H2. The molecule has 0 radical (unpaired) electrons. The number of nitriles is 1. The molecule has 6 nitrogen and oxygen atoms in total. The summed E-state index contributed by atoms with van der Waals surface area (Å²) in [5, 5.41) is 8.92. The summed E-state index contributed by atoms with van der Waals surface area (Å²) >= 11 is 0. The van der Waals surface area contributed by atoms with Gasteiger partial charge in [-0.3, -0.25) is 4.57 Å². The summed E-state index contributed by atoms with van der Waals surface area (Å²) in [6.07, 6.45) is 3.15. The Kier molecular flexibility index (Phi) is 2.58. The largest absolute Gasteiger partial charge is 0.394 e. The second kappa shape index (κ2) is 4.38. The van der Waals surface area contributed by atoms with Crippen molar-refractivity contribution < 1.29 is 0 Å². The molecule has 0 bridgehead atoms. The number of aromatic nitrogens is 4. The maximum Gasteiger partial charge on any atom is 0.165 e. The predicted octanol–water partition coefficient (Wildman–Crippen LogP) is 1.46. The Balaban J connectivity index is 2.35. The number of imidazole rings is 1. The van der Waals surface area contributed by atoms with Crippen molar-refractivity contribution >= 4 is 16.7 Å². The lowest BCUT2D eigenvalue weighted by molar-refractivity contribution is 0.915. The molecule has 0 unspecified atom stereocenters. The van der Waals surface area contributed by atoms with Gasteiger partial charge < -0.3 is 5.73 Å². The number of nitrogens with two attached hydrogens (primary N) is 1. The molecule has 2 heterocycles. The van der Waals surface area contributed by atoms with E-state index in [4.69, 9.17) is 11.0 Å². The van der Waals surface area contributed by atoms with Crippen molar-refractivity contribution in [1.82, 2.24) is 19.5 Å². The first-order valence-electron chi connectivity index (χ1n) is 5.70. The lowest BCUT2D eigenvalue weighted by Crippen LogP contribution is -2.06. The number of rotatable bonds is 2. The molecule has 0 fully saturated rings. The molecule has 0 spiro atoms. The summed E-state index contributed by atoms with van der Waals surface area (Å²) in [5.41, 5.74) is 8.04. The zero-order valence-corrected chi connectivity index (χ0v) is 9.98. The quantitative estimate of drug-likeness (QED) is 0.743. The second-order valence-corrected chi connectivity index (χ2v) is 3.99. The molecule has 0 saturated carbocycles. The molecule has 2 aromatic heterocycles. The van der Waals surface area contributed by atoms with Crippen molar-refractivity contribution in [3.8, 4) is 11.9 Å². The van der Waals surface area contributed by atoms with Crippen molar-refractivity contribution in [2.45, 2.75) is 6.42 Å². The maximum absolute atomic E-state index is 8.92. The van der Waals surface area contributed by atoms with E-state index in [1.807, 2.05) is 24.3 Å². The highest BCUT2D eigenvalue weighted by molar-refractivity contribution is 5.79. The zero-order chi connectivity index (χ0) is 13.2. The van der Waals surface area contributed by atoms with Crippen LogP contribution in [-0.2, 0) is 6.42 Å². The van der Waals surface area contributed by atoms with Crippen LogP contribution in [0.3, 0.4) is 0 Å². The minimum Gasteiger partial charge on any atom is -0.394 e. The van der Waals surface area contributed by atoms with Gasteiger partial charge >= 0.3 is 0 Å². The fourth-order valence-electron chi connectivity index (χ4n) is 2.02. The number of nitrogen functional groups attached to an aromatic ring is 1. The first-order chi connectivity index (χ1) is 9.31. The van der Waals surface area contributed by atoms with Crippen molar-refractivity contribution in [3.63, 3.8) is 0 Å². The van der Waals surface area contributed by atoms with Crippen molar-refractivity contribution in [3.05, 3.63) is 42.6 Å². The van der Waals surface area contributed by atoms with E-state index in [0.29, 0.717) is 17.3 Å². The van der Waals surface area contributed by atoms with E-state index in [0.717, 1.165) is 11.0 Å². The van der Waals surface area contributed by atoms with Gasteiger partial charge in [-0.15, -0.1) is 0 Å². The van der Waals surface area contributed by atoms with Gasteiger partial charge in [0.2, 0.25) is 0 Å². The Morgan fingerprint density at radius 3 is 2.95 bits per heavy atom. The third-order valence-corrected chi connectivity index (χ3v) is 2.80. The van der Waals surface area contributed by atoms with E-state index in [1.54, 1.807) is 4.57 Å². The molecule has 0 aliphatic rings. The van der Waals surface area contributed by atoms with E-state index >= 15 is 0 Å². The first-order valence-corrected chi connectivity index (χ1v) is 5.70. The summed E-state index contributed by atoms with van der Waals surface area (Å²) < 4.78 is 1.80. The molecular formula is C13H10N6. The van der Waals surface area contributed by atoms with E-state index in [1.165, 1.54) is 12.5 Å². The van der Waals surface area contributed by atoms with Gasteiger partial charge in [-0.2, -0.15) is 5.26 Å². The van der Waals surface area contributed by atoms with Crippen LogP contribution in [0.4, 0.5) is 5.69 Å². The smallest absolute Gasteiger partial charge is 0.165 e. The normalized spacial score (nSPS) is 10.5. The molecule has 0 aliphatic heterocycles. The van der Waals surface area contributed by atoms with Crippen LogP contribution >= 0.6 is 0 Å². The van der Waals surface area contributed by atoms with Crippen molar-refractivity contribution in [1.29, 1.82) is 5.26 Å². The highest BCUT2D eigenvalue weighted by Crippen LogP contribution is 2.23. The summed E-state index contributed by atoms with van der Waals surface area (Å²) in [4.78, 5) is 12.5. The number of hydrogen-bond donors (Lipinski definition) is 1. The van der Waals surface area contributed by atoms with Gasteiger partial charge in [-0.05, 0) is 12.1 Å². The fourth-order valence-corrected chi connectivity index (χ4v) is 2.02. The number of para-hydroxylation sites is 2. The van der Waals surface area contributed by atoms with Crippen LogP contribution in [0.1, 0.15) is 5.82 Å². The molecule has 3 aromatic rings. The Bertz CT molecular complexity index is 783. The van der Waals surface area contributed by atoms with E-state index in [-0.39, 0.29) is 6.42 Å². The Morgan fingerprint density at radius 1 is 1.32 bits per heavy atom. The van der Waals surface area contributed by atoms with Crippen LogP contribution in [0.25, 0.3) is 16.9 Å². The van der Waals surface area contributed by atoms with Gasteiger partial charge in [0.25, 0.3) is 0 Å². The molecule has 0 aliphatic carbocycles. The van der Waals surface area contributed by atoms with E-state index in [9.17, 15) is 0 Å². The number of fused-ring (bicyclic) bond motifs is 1. The molecule has 3 rings (SSSR count). The summed E-state index contributed by atoms with van der Waals surface area (Å²) in [7, 11) is 0. The number of benzene rings is 1. The monoisotopic (exact) mass is 250 g/mol. The molecule has 19 heavy (non-hydrogen) atoms. The van der Waals surface area contributed by atoms with Crippen LogP contribution in [0.15, 0.2) is 36.8 Å². The third-order valence-electron chi connectivity index (χ3n) is 2.80. The van der Waals surface area contributed by atoms with Crippen LogP contribution in [0.2, 0.25) is 0 Å². The third kappa shape index (κ3) is 1.77. The SMILES string of the molecule is N#CCc1nc2ccccc2n1-c1ncncc1N. The van der Waals surface area contributed by atoms with Crippen LogP contribution in [0.5, 0.6) is 0 Å². The highest BCUT2D eigenvalue weighted by Gasteiger charge is 2.14. The molecule has 1 aromatic carbocycles. The molecular weight excluding hydrogens is 240 g/mol. The van der Waals surface area contributed by atoms with Gasteiger partial charge in [0.05, 0.1) is 35.4 Å². The Hall–Kier alpha value is -2.94. The Morgan fingerprint density at radius 2 is 2.16 bits per heavy atom. The van der Waals surface area contributed by atoms with Crippen molar-refractivity contribution in [2.24, 2.45) is 0 Å². The molecule has 2 N–H and O–H groups in total. The molecule has 92 valence electrons. The highest BCUT2D eigenvalue weighted by atomic mass is 15.2. The minimum absolute atomic E-state index is 0.193. The lowest BCUT2D eigenvalue weighted by Gasteiger charge is -2.08. The number of nitrogens with zero attached hydrogens (tertiary/aromatic N) is 5. The summed E-state index contributed by atoms with van der Waals surface area (Å²) in [5.74, 6) is 1.17. The molecule has 0 atom stereocenters. The van der Waals surface area contributed by atoms with Gasteiger partial charge in [0.1, 0.15) is 12.2 Å². The van der Waals surface area contributed by atoms with Gasteiger partial charge in [-0.25, -0.2) is 15.0 Å². The first kappa shape index (κ1) is 11.2. The van der Waals surface area contributed by atoms with Crippen molar-refractivity contribution in [2.75, 3.05) is 5.73 Å². The van der Waals surface area contributed by atoms with Gasteiger partial charge in [0, 0.05) is 0 Å². The van der Waals surface area contributed by atoms with E-state index in [2.05, 4.69) is 21.0 Å². The molecule has 0 amide bonds. The minimum atomic E-state index is 0.193. The average molecular weight is 250 g/mol. The van der Waals surface area contributed by atoms with Gasteiger partial charge in [-0.1, -0.05) is 12.1 Å². The van der Waals surface area contributed by atoms with Crippen LogP contribution in [0, 0.1) is 11.3 Å². The summed E-state index contributed by atoms with van der Waals surface area (Å²) in [6, 6.07) is 9.73. The van der Waals surface area contributed by atoms with Gasteiger partial charge in [0.15, 0.2) is 5.82 Å². The number of hydrogen-bond acceptors (Lipinski definition) is 5. The topological polar surface area (TPSA) is 93.4 Å². The average Bonchev–Trinajstić information content (AvgIpc) is 2.78. The van der Waals surface area contributed by atoms with Crippen LogP contribution in [-0.4, -0.2) is 19.5 Å². The predicted molar refractivity (Wildman–Crippen MR) is 70.4 cm³/mol. The fraction of sp³-hybridized carbons (Fsp3) is 0.0769. The Labute approximate surface area is 109 Å². The lowest BCUT2D eigenvalue weighted by atomic mass is 10.3. The molecule has 6 heteroatoms. The molecule has 0 saturated heterocycles. The summed E-state index contributed by atoms with van der Waals surface area (Å²) in [6.45, 7) is 0. The maximum atomic E-state index is 8.92. The van der Waals surface area contributed by atoms with Crippen LogP contribution < -0.4 is 5.73 Å². The zero-order valence-electron chi connectivity index (χ0n) is 9.98. The number of anilines is 1. The second-order valence-electron chi connectivity index (χ2n) is 3.99.